The number of hydrogen-bond acceptors (Lipinski definition) is 5. The zero-order valence-corrected chi connectivity index (χ0v) is 18.4. The first-order chi connectivity index (χ1) is 15.3. The predicted molar refractivity (Wildman–Crippen MR) is 127 cm³/mol. The summed E-state index contributed by atoms with van der Waals surface area (Å²) >= 11 is 5.20. The summed E-state index contributed by atoms with van der Waals surface area (Å²) in [6.07, 6.45) is 5.17. The maximum atomic E-state index is 13.2. The van der Waals surface area contributed by atoms with Crippen molar-refractivity contribution in [3.05, 3.63) is 64.7 Å². The van der Waals surface area contributed by atoms with E-state index < -0.39 is 17.8 Å². The molecule has 0 bridgehead atoms. The van der Waals surface area contributed by atoms with Crippen LogP contribution in [0.3, 0.4) is 0 Å². The number of nitrogens with zero attached hydrogens (tertiary/aromatic N) is 2. The number of thiocarbonyl (C=S) groups is 1. The second kappa shape index (κ2) is 8.92. The Hall–Kier alpha value is -3.52. The number of hydrogen-bond donors (Lipinski definition) is 2. The van der Waals surface area contributed by atoms with Crippen LogP contribution in [0.15, 0.2) is 48.0 Å². The van der Waals surface area contributed by atoms with Crippen molar-refractivity contribution in [1.29, 1.82) is 0 Å². The van der Waals surface area contributed by atoms with Crippen molar-refractivity contribution in [2.45, 2.75) is 26.2 Å². The van der Waals surface area contributed by atoms with Gasteiger partial charge in [0.05, 0.1) is 11.3 Å². The van der Waals surface area contributed by atoms with E-state index in [4.69, 9.17) is 12.2 Å². The maximum Gasteiger partial charge on any atom is 0.335 e. The van der Waals surface area contributed by atoms with Gasteiger partial charge in [0.15, 0.2) is 5.11 Å². The molecule has 0 saturated carbocycles. The van der Waals surface area contributed by atoms with Gasteiger partial charge in [-0.05, 0) is 85.9 Å². The van der Waals surface area contributed by atoms with Crippen molar-refractivity contribution in [2.75, 3.05) is 22.9 Å². The van der Waals surface area contributed by atoms with Gasteiger partial charge in [0.25, 0.3) is 11.8 Å². The normalized spacial score (nSPS) is 18.2. The number of anilines is 2. The first-order valence-electron chi connectivity index (χ1n) is 10.5. The molecule has 2 aliphatic heterocycles. The third-order valence-corrected chi connectivity index (χ3v) is 6.01. The molecule has 32 heavy (non-hydrogen) atoms. The monoisotopic (exact) mass is 449 g/mol. The van der Waals surface area contributed by atoms with Gasteiger partial charge in [0.2, 0.25) is 0 Å². The molecule has 2 aromatic rings. The van der Waals surface area contributed by atoms with Crippen molar-refractivity contribution >= 4 is 52.6 Å². The van der Waals surface area contributed by atoms with Crippen LogP contribution >= 0.6 is 12.2 Å². The quantitative estimate of drug-likeness (QED) is 0.422. The molecule has 0 spiro atoms. The molecule has 2 aromatic carbocycles. The lowest BCUT2D eigenvalue weighted by molar-refractivity contribution is -0.122. The molecule has 4 rings (SSSR count). The number of piperidine rings is 1. The van der Waals surface area contributed by atoms with Gasteiger partial charge in [0.1, 0.15) is 5.57 Å². The van der Waals surface area contributed by atoms with Crippen LogP contribution in [0.5, 0.6) is 0 Å². The fraction of sp³-hybridized carbons (Fsp3) is 0.250. The smallest absolute Gasteiger partial charge is 0.335 e. The molecule has 0 unspecified atom stereocenters. The SMILES string of the molecule is Cc1cc(N2CCCCC2)ccc1C=C1C(=O)NC(=S)N(c2cccc(C(=O)O)c2)C1=O. The second-order valence-electron chi connectivity index (χ2n) is 7.90. The highest BCUT2D eigenvalue weighted by Crippen LogP contribution is 2.26. The Morgan fingerprint density at radius 1 is 1.06 bits per heavy atom. The lowest BCUT2D eigenvalue weighted by atomic mass is 10.0. The minimum atomic E-state index is -1.12. The number of nitrogens with one attached hydrogen (secondary N) is 1. The average molecular weight is 450 g/mol. The van der Waals surface area contributed by atoms with Crippen molar-refractivity contribution in [3.8, 4) is 0 Å². The van der Waals surface area contributed by atoms with Gasteiger partial charge in [0, 0.05) is 18.8 Å². The Balaban J connectivity index is 1.66. The zero-order chi connectivity index (χ0) is 22.8. The Bertz CT molecular complexity index is 1150. The number of carbonyl (C=O) groups is 3. The molecule has 0 aliphatic carbocycles. The number of carboxylic acid groups (broad SMARTS) is 1. The van der Waals surface area contributed by atoms with Crippen molar-refractivity contribution in [1.82, 2.24) is 5.32 Å². The Morgan fingerprint density at radius 3 is 2.50 bits per heavy atom. The Kier molecular flexibility index (Phi) is 6.05. The van der Waals surface area contributed by atoms with E-state index in [0.717, 1.165) is 34.8 Å². The number of aryl methyl sites for hydroxylation is 1. The molecule has 2 aliphatic rings. The van der Waals surface area contributed by atoms with E-state index in [1.54, 1.807) is 12.1 Å². The summed E-state index contributed by atoms with van der Waals surface area (Å²) in [5.74, 6) is -2.29. The first-order valence-corrected chi connectivity index (χ1v) is 10.9. The average Bonchev–Trinajstić information content (AvgIpc) is 2.78. The molecule has 0 atom stereocenters. The highest BCUT2D eigenvalue weighted by molar-refractivity contribution is 7.80. The number of carbonyl (C=O) groups excluding carboxylic acids is 2. The van der Waals surface area contributed by atoms with E-state index in [1.807, 2.05) is 19.1 Å². The van der Waals surface area contributed by atoms with E-state index >= 15 is 0 Å². The number of rotatable bonds is 4. The van der Waals surface area contributed by atoms with Gasteiger partial charge >= 0.3 is 5.97 Å². The van der Waals surface area contributed by atoms with Crippen LogP contribution in [0.1, 0.15) is 40.7 Å². The van der Waals surface area contributed by atoms with Gasteiger partial charge in [-0.25, -0.2) is 4.79 Å². The van der Waals surface area contributed by atoms with Gasteiger partial charge in [-0.2, -0.15) is 0 Å². The molecule has 0 radical (unpaired) electrons. The number of benzene rings is 2. The van der Waals surface area contributed by atoms with Crippen molar-refractivity contribution < 1.29 is 19.5 Å². The van der Waals surface area contributed by atoms with E-state index in [9.17, 15) is 19.5 Å². The van der Waals surface area contributed by atoms with Crippen LogP contribution in [0, 0.1) is 6.92 Å². The fourth-order valence-corrected chi connectivity index (χ4v) is 4.28. The predicted octanol–water partition coefficient (Wildman–Crippen LogP) is 3.51. The summed E-state index contributed by atoms with van der Waals surface area (Å²) in [4.78, 5) is 40.6. The Morgan fingerprint density at radius 2 is 1.81 bits per heavy atom. The largest absolute Gasteiger partial charge is 0.478 e. The molecule has 2 heterocycles. The van der Waals surface area contributed by atoms with Crippen LogP contribution in [0.2, 0.25) is 0 Å². The molecular formula is C24H23N3O4S. The standard InChI is InChI=1S/C24H23N3O4S/c1-15-12-18(26-10-3-2-4-11-26)9-8-16(15)14-20-21(28)25-24(32)27(22(20)29)19-7-5-6-17(13-19)23(30)31/h5-9,12-14H,2-4,10-11H2,1H3,(H,30,31)(H,25,28,32). The summed E-state index contributed by atoms with van der Waals surface area (Å²) in [6, 6.07) is 11.9. The van der Waals surface area contributed by atoms with Gasteiger partial charge in [-0.3, -0.25) is 19.8 Å². The lowest BCUT2D eigenvalue weighted by Gasteiger charge is -2.30. The van der Waals surface area contributed by atoms with Crippen LogP contribution in [-0.4, -0.2) is 41.1 Å². The minimum Gasteiger partial charge on any atom is -0.478 e. The molecule has 164 valence electrons. The highest BCUT2D eigenvalue weighted by Gasteiger charge is 2.34. The lowest BCUT2D eigenvalue weighted by Crippen LogP contribution is -2.54. The van der Waals surface area contributed by atoms with Crippen LogP contribution in [0.25, 0.3) is 6.08 Å². The van der Waals surface area contributed by atoms with Gasteiger partial charge < -0.3 is 10.0 Å². The van der Waals surface area contributed by atoms with Crippen LogP contribution < -0.4 is 15.1 Å². The molecular weight excluding hydrogens is 426 g/mol. The fourth-order valence-electron chi connectivity index (χ4n) is 4.00. The summed E-state index contributed by atoms with van der Waals surface area (Å²) in [5, 5.41) is 11.7. The maximum absolute atomic E-state index is 13.2. The molecule has 7 nitrogen and oxygen atoms in total. The van der Waals surface area contributed by atoms with Crippen LogP contribution in [0.4, 0.5) is 11.4 Å². The van der Waals surface area contributed by atoms with Gasteiger partial charge in [-0.15, -0.1) is 0 Å². The van der Waals surface area contributed by atoms with E-state index in [-0.39, 0.29) is 21.9 Å². The van der Waals surface area contributed by atoms with E-state index in [0.29, 0.717) is 0 Å². The van der Waals surface area contributed by atoms with E-state index in [1.165, 1.54) is 37.5 Å². The zero-order valence-electron chi connectivity index (χ0n) is 17.6. The number of aromatic carboxylic acids is 1. The molecule has 2 saturated heterocycles. The molecule has 2 amide bonds. The van der Waals surface area contributed by atoms with E-state index in [2.05, 4.69) is 16.3 Å². The number of amides is 2. The molecule has 0 aromatic heterocycles. The summed E-state index contributed by atoms with van der Waals surface area (Å²) in [6.45, 7) is 4.01. The Labute approximate surface area is 191 Å². The van der Waals surface area contributed by atoms with Crippen molar-refractivity contribution in [2.24, 2.45) is 0 Å². The molecule has 2 fully saturated rings. The molecule has 2 N–H and O–H groups in total. The van der Waals surface area contributed by atoms with Crippen LogP contribution in [-0.2, 0) is 9.59 Å². The third kappa shape index (κ3) is 4.27. The second-order valence-corrected chi connectivity index (χ2v) is 8.29. The molecule has 8 heteroatoms. The third-order valence-electron chi connectivity index (χ3n) is 5.73. The first kappa shape index (κ1) is 21.7. The van der Waals surface area contributed by atoms with Gasteiger partial charge in [-0.1, -0.05) is 12.1 Å². The summed E-state index contributed by atoms with van der Waals surface area (Å²) in [5.41, 5.74) is 3.09. The minimum absolute atomic E-state index is 0.0182. The highest BCUT2D eigenvalue weighted by atomic mass is 32.1. The topological polar surface area (TPSA) is 90.0 Å². The van der Waals surface area contributed by atoms with Crippen molar-refractivity contribution in [3.63, 3.8) is 0 Å². The summed E-state index contributed by atoms with van der Waals surface area (Å²) < 4.78 is 0. The number of carboxylic acids is 1. The summed E-state index contributed by atoms with van der Waals surface area (Å²) in [7, 11) is 0.